The largest absolute Gasteiger partial charge is 0.352 e. The van der Waals surface area contributed by atoms with Crippen LogP contribution in [0.5, 0.6) is 0 Å². The molecule has 1 saturated heterocycles. The van der Waals surface area contributed by atoms with Gasteiger partial charge in [0.05, 0.1) is 12.1 Å². The molecule has 0 spiro atoms. The van der Waals surface area contributed by atoms with Gasteiger partial charge in [-0.25, -0.2) is 4.39 Å². The highest BCUT2D eigenvalue weighted by molar-refractivity contribution is 5.94. The molecular formula is C17H21FN4O2. The number of aromatic nitrogens is 2. The third-order valence-corrected chi connectivity index (χ3v) is 4.29. The first-order valence-electron chi connectivity index (χ1n) is 8.14. The van der Waals surface area contributed by atoms with E-state index in [4.69, 9.17) is 4.52 Å². The van der Waals surface area contributed by atoms with Crippen molar-refractivity contribution in [3.8, 4) is 0 Å². The third-order valence-electron chi connectivity index (χ3n) is 4.29. The number of carbonyl (C=O) groups is 1. The van der Waals surface area contributed by atoms with E-state index in [1.54, 1.807) is 12.1 Å². The second-order valence-corrected chi connectivity index (χ2v) is 6.28. The van der Waals surface area contributed by atoms with E-state index in [9.17, 15) is 9.18 Å². The highest BCUT2D eigenvalue weighted by Crippen LogP contribution is 2.17. The van der Waals surface area contributed by atoms with Gasteiger partial charge in [-0.05, 0) is 44.4 Å². The molecule has 1 aromatic heterocycles. The summed E-state index contributed by atoms with van der Waals surface area (Å²) in [6.07, 6.45) is 3.42. The highest BCUT2D eigenvalue weighted by atomic mass is 19.1. The van der Waals surface area contributed by atoms with Gasteiger partial charge in [-0.2, -0.15) is 4.98 Å². The fourth-order valence-electron chi connectivity index (χ4n) is 3.07. The number of hydrogen-bond acceptors (Lipinski definition) is 5. The summed E-state index contributed by atoms with van der Waals surface area (Å²) < 4.78 is 18.5. The number of amides is 1. The van der Waals surface area contributed by atoms with E-state index in [-0.39, 0.29) is 11.5 Å². The molecule has 1 atom stereocenters. The van der Waals surface area contributed by atoms with Gasteiger partial charge < -0.3 is 9.84 Å². The van der Waals surface area contributed by atoms with Crippen molar-refractivity contribution in [2.24, 2.45) is 5.92 Å². The molecule has 1 unspecified atom stereocenters. The molecule has 1 aliphatic rings. The van der Waals surface area contributed by atoms with Crippen LogP contribution in [0.15, 0.2) is 29.1 Å². The molecule has 24 heavy (non-hydrogen) atoms. The van der Waals surface area contributed by atoms with E-state index >= 15 is 0 Å². The zero-order valence-electron chi connectivity index (χ0n) is 13.7. The van der Waals surface area contributed by atoms with Crippen LogP contribution in [0.4, 0.5) is 4.39 Å². The average molecular weight is 332 g/mol. The summed E-state index contributed by atoms with van der Waals surface area (Å²) in [7, 11) is 0. The predicted octanol–water partition coefficient (Wildman–Crippen LogP) is 2.16. The van der Waals surface area contributed by atoms with Crippen molar-refractivity contribution in [1.29, 1.82) is 0 Å². The van der Waals surface area contributed by atoms with Crippen molar-refractivity contribution >= 4 is 5.91 Å². The zero-order chi connectivity index (χ0) is 16.9. The number of hydrogen-bond donors (Lipinski definition) is 1. The van der Waals surface area contributed by atoms with Crippen LogP contribution in [0.3, 0.4) is 0 Å². The first kappa shape index (κ1) is 16.6. The summed E-state index contributed by atoms with van der Waals surface area (Å²) >= 11 is 0. The van der Waals surface area contributed by atoms with Crippen molar-refractivity contribution in [3.05, 3.63) is 47.4 Å². The van der Waals surface area contributed by atoms with Crippen LogP contribution in [-0.4, -0.2) is 40.6 Å². The van der Waals surface area contributed by atoms with Crippen LogP contribution in [-0.2, 0) is 6.54 Å². The molecule has 7 heteroatoms. The number of piperidine rings is 1. The number of nitrogens with one attached hydrogen (secondary N) is 1. The van der Waals surface area contributed by atoms with Crippen LogP contribution >= 0.6 is 0 Å². The van der Waals surface area contributed by atoms with Gasteiger partial charge >= 0.3 is 0 Å². The van der Waals surface area contributed by atoms with E-state index in [1.165, 1.54) is 12.5 Å². The van der Waals surface area contributed by atoms with Crippen LogP contribution in [0.2, 0.25) is 0 Å². The van der Waals surface area contributed by atoms with E-state index in [0.717, 1.165) is 31.5 Å². The Bertz CT molecular complexity index is 690. The molecule has 0 radical (unpaired) electrons. The Labute approximate surface area is 140 Å². The fraction of sp³-hybridized carbons (Fsp3) is 0.471. The summed E-state index contributed by atoms with van der Waals surface area (Å²) in [6.45, 7) is 4.85. The molecule has 1 N–H and O–H groups in total. The van der Waals surface area contributed by atoms with Crippen LogP contribution in [0, 0.1) is 18.7 Å². The number of rotatable bonds is 5. The van der Waals surface area contributed by atoms with E-state index in [1.807, 2.05) is 6.92 Å². The van der Waals surface area contributed by atoms with Gasteiger partial charge in [-0.3, -0.25) is 9.69 Å². The minimum Gasteiger partial charge on any atom is -0.352 e. The molecule has 0 bridgehead atoms. The lowest BCUT2D eigenvalue weighted by Gasteiger charge is -2.31. The number of benzene rings is 1. The highest BCUT2D eigenvalue weighted by Gasteiger charge is 2.22. The predicted molar refractivity (Wildman–Crippen MR) is 85.8 cm³/mol. The average Bonchev–Trinajstić information content (AvgIpc) is 3.08. The number of nitrogens with zero attached hydrogens (tertiary/aromatic N) is 3. The van der Waals surface area contributed by atoms with Gasteiger partial charge in [-0.15, -0.1) is 0 Å². The second kappa shape index (κ2) is 7.53. The van der Waals surface area contributed by atoms with E-state index < -0.39 is 5.82 Å². The third kappa shape index (κ3) is 4.17. The van der Waals surface area contributed by atoms with Crippen molar-refractivity contribution in [3.63, 3.8) is 0 Å². The normalized spacial score (nSPS) is 18.5. The maximum atomic E-state index is 13.8. The van der Waals surface area contributed by atoms with Gasteiger partial charge in [-0.1, -0.05) is 16.8 Å². The van der Waals surface area contributed by atoms with Gasteiger partial charge in [0.1, 0.15) is 5.82 Å². The van der Waals surface area contributed by atoms with Crippen molar-refractivity contribution in [1.82, 2.24) is 20.4 Å². The van der Waals surface area contributed by atoms with Crippen LogP contribution < -0.4 is 5.32 Å². The molecule has 0 saturated carbocycles. The maximum Gasteiger partial charge on any atom is 0.254 e. The zero-order valence-corrected chi connectivity index (χ0v) is 13.7. The lowest BCUT2D eigenvalue weighted by Crippen LogP contribution is -2.40. The molecule has 0 aliphatic carbocycles. The van der Waals surface area contributed by atoms with Gasteiger partial charge in [0.25, 0.3) is 5.91 Å². The van der Waals surface area contributed by atoms with E-state index in [2.05, 4.69) is 20.4 Å². The minimum atomic E-state index is -0.486. The number of likely N-dealkylation sites (tertiary alicyclic amines) is 1. The minimum absolute atomic E-state index is 0.106. The molecule has 1 fully saturated rings. The molecule has 2 aromatic rings. The molecule has 6 nitrogen and oxygen atoms in total. The summed E-state index contributed by atoms with van der Waals surface area (Å²) in [6, 6.07) is 4.56. The van der Waals surface area contributed by atoms with Crippen molar-refractivity contribution in [2.45, 2.75) is 26.3 Å². The quantitative estimate of drug-likeness (QED) is 0.908. The molecular weight excluding hydrogens is 311 g/mol. The molecule has 1 amide bonds. The Morgan fingerprint density at radius 3 is 3.17 bits per heavy atom. The van der Waals surface area contributed by atoms with Crippen molar-refractivity contribution < 1.29 is 13.7 Å². The first-order valence-corrected chi connectivity index (χ1v) is 8.14. The van der Waals surface area contributed by atoms with Crippen LogP contribution in [0.1, 0.15) is 34.6 Å². The monoisotopic (exact) mass is 332 g/mol. The van der Waals surface area contributed by atoms with Crippen molar-refractivity contribution in [2.75, 3.05) is 19.6 Å². The topological polar surface area (TPSA) is 71.3 Å². The summed E-state index contributed by atoms with van der Waals surface area (Å²) in [5, 5.41) is 6.69. The van der Waals surface area contributed by atoms with Gasteiger partial charge in [0.15, 0.2) is 5.82 Å². The fourth-order valence-corrected chi connectivity index (χ4v) is 3.07. The summed E-state index contributed by atoms with van der Waals surface area (Å²) in [4.78, 5) is 18.5. The van der Waals surface area contributed by atoms with Gasteiger partial charge in [0.2, 0.25) is 6.39 Å². The number of aryl methyl sites for hydroxylation is 1. The molecule has 1 aromatic carbocycles. The number of carbonyl (C=O) groups excluding carboxylic acids is 1. The summed E-state index contributed by atoms with van der Waals surface area (Å²) in [5.74, 6) is 0.163. The van der Waals surface area contributed by atoms with Crippen LogP contribution in [0.25, 0.3) is 0 Å². The van der Waals surface area contributed by atoms with E-state index in [0.29, 0.717) is 24.8 Å². The second-order valence-electron chi connectivity index (χ2n) is 6.28. The Morgan fingerprint density at radius 1 is 1.50 bits per heavy atom. The van der Waals surface area contributed by atoms with Gasteiger partial charge in [0, 0.05) is 13.1 Å². The maximum absolute atomic E-state index is 13.8. The molecule has 3 rings (SSSR count). The smallest absolute Gasteiger partial charge is 0.254 e. The molecule has 1 aliphatic heterocycles. The standard InChI is InChI=1S/C17H21FN4O2/c1-12-4-5-15(18)14(7-12)17(23)19-8-13-3-2-6-22(9-13)10-16-20-11-24-21-16/h4-5,7,11,13H,2-3,6,8-10H2,1H3,(H,19,23). The Hall–Kier alpha value is -2.28. The number of halogens is 1. The summed E-state index contributed by atoms with van der Waals surface area (Å²) in [5.41, 5.74) is 0.972. The SMILES string of the molecule is Cc1ccc(F)c(C(=O)NCC2CCCN(Cc3ncon3)C2)c1. The first-order chi connectivity index (χ1) is 11.6. The lowest BCUT2D eigenvalue weighted by molar-refractivity contribution is 0.0925. The lowest BCUT2D eigenvalue weighted by atomic mass is 9.97. The Balaban J connectivity index is 1.52. The Morgan fingerprint density at radius 2 is 2.38 bits per heavy atom. The molecule has 2 heterocycles. The Kier molecular flexibility index (Phi) is 5.20. The molecule has 128 valence electrons.